The second kappa shape index (κ2) is 6.52. The minimum Gasteiger partial charge on any atom is -0.385 e. The third-order valence-electron chi connectivity index (χ3n) is 3.18. The van der Waals surface area contributed by atoms with Crippen molar-refractivity contribution < 1.29 is 9.47 Å². The van der Waals surface area contributed by atoms with E-state index in [1.165, 1.54) is 0 Å². The predicted octanol–water partition coefficient (Wildman–Crippen LogP) is 1.61. The van der Waals surface area contributed by atoms with Gasteiger partial charge < -0.3 is 9.47 Å². The summed E-state index contributed by atoms with van der Waals surface area (Å²) in [7, 11) is 1.72. The number of halogens is 1. The molecule has 0 amide bonds. The summed E-state index contributed by atoms with van der Waals surface area (Å²) in [4.78, 5) is 2.32. The molecule has 0 spiro atoms. The van der Waals surface area contributed by atoms with Crippen LogP contribution in [-0.4, -0.2) is 54.6 Å². The van der Waals surface area contributed by atoms with Crippen LogP contribution < -0.4 is 0 Å². The summed E-state index contributed by atoms with van der Waals surface area (Å²) in [5.74, 6) is 0. The third kappa shape index (κ3) is 3.45. The molecule has 1 saturated heterocycles. The van der Waals surface area contributed by atoms with Gasteiger partial charge in [0, 0.05) is 33.4 Å². The van der Waals surface area contributed by atoms with Crippen LogP contribution >= 0.6 is 11.6 Å². The number of hydrogen-bond acceptors (Lipinski definition) is 4. The maximum atomic E-state index is 6.18. The van der Waals surface area contributed by atoms with E-state index in [9.17, 15) is 0 Å². The minimum atomic E-state index is 0.248. The lowest BCUT2D eigenvalue weighted by Gasteiger charge is -2.32. The van der Waals surface area contributed by atoms with Gasteiger partial charge in [-0.15, -0.1) is 0 Å². The smallest absolute Gasteiger partial charge is 0.0951 e. The third-order valence-corrected chi connectivity index (χ3v) is 3.68. The fourth-order valence-electron chi connectivity index (χ4n) is 2.13. The molecule has 1 aliphatic rings. The summed E-state index contributed by atoms with van der Waals surface area (Å²) in [5, 5.41) is 7.89. The van der Waals surface area contributed by atoms with Gasteiger partial charge in [-0.05, 0) is 13.3 Å². The van der Waals surface area contributed by atoms with E-state index in [1.807, 2.05) is 6.92 Å². The molecule has 5 nitrogen and oxygen atoms in total. The Morgan fingerprint density at radius 3 is 3.11 bits per heavy atom. The van der Waals surface area contributed by atoms with Gasteiger partial charge in [0.2, 0.25) is 0 Å². The number of methoxy groups -OCH3 is 1. The van der Waals surface area contributed by atoms with Crippen molar-refractivity contribution in [2.24, 2.45) is 0 Å². The van der Waals surface area contributed by atoms with Crippen LogP contribution in [0.1, 0.15) is 17.8 Å². The molecule has 1 atom stereocenters. The van der Waals surface area contributed by atoms with Crippen molar-refractivity contribution >= 4 is 11.6 Å². The van der Waals surface area contributed by atoms with E-state index >= 15 is 0 Å². The molecule has 0 aliphatic carbocycles. The standard InChI is InChI=1S/C12H20ClN3O2/c1-9-12(13)11(15-14-9)8-16-4-6-18-10(7-16)3-5-17-2/h10H,3-8H2,1-2H3,(H,14,15)/t10-/m1/s1. The lowest BCUT2D eigenvalue weighted by Crippen LogP contribution is -2.42. The summed E-state index contributed by atoms with van der Waals surface area (Å²) in [6, 6.07) is 0. The first-order chi connectivity index (χ1) is 8.70. The fraction of sp³-hybridized carbons (Fsp3) is 0.750. The van der Waals surface area contributed by atoms with Crippen molar-refractivity contribution in [1.29, 1.82) is 0 Å². The van der Waals surface area contributed by atoms with Crippen molar-refractivity contribution in [3.63, 3.8) is 0 Å². The quantitative estimate of drug-likeness (QED) is 0.886. The Bertz CT molecular complexity index is 383. The number of rotatable bonds is 5. The average Bonchev–Trinajstić information content (AvgIpc) is 2.69. The van der Waals surface area contributed by atoms with Gasteiger partial charge in [-0.3, -0.25) is 10.00 Å². The molecule has 6 heteroatoms. The Balaban J connectivity index is 1.87. The van der Waals surface area contributed by atoms with Gasteiger partial charge in [0.05, 0.1) is 29.1 Å². The highest BCUT2D eigenvalue weighted by atomic mass is 35.5. The highest BCUT2D eigenvalue weighted by Gasteiger charge is 2.22. The largest absolute Gasteiger partial charge is 0.385 e. The molecule has 0 saturated carbocycles. The molecule has 2 rings (SSSR count). The molecule has 1 aliphatic heterocycles. The van der Waals surface area contributed by atoms with E-state index in [1.54, 1.807) is 7.11 Å². The second-order valence-corrected chi connectivity index (χ2v) is 5.00. The van der Waals surface area contributed by atoms with E-state index in [0.717, 1.165) is 55.7 Å². The molecule has 1 aromatic rings. The van der Waals surface area contributed by atoms with E-state index in [-0.39, 0.29) is 6.10 Å². The SMILES string of the molecule is COCC[C@@H]1CN(Cc2n[nH]c(C)c2Cl)CCO1. The molecule has 1 aromatic heterocycles. The number of aromatic nitrogens is 2. The number of hydrogen-bond donors (Lipinski definition) is 1. The number of H-pyrrole nitrogens is 1. The van der Waals surface area contributed by atoms with Gasteiger partial charge in [-0.25, -0.2) is 0 Å². The van der Waals surface area contributed by atoms with Crippen molar-refractivity contribution in [3.05, 3.63) is 16.4 Å². The first kappa shape index (κ1) is 13.8. The van der Waals surface area contributed by atoms with Crippen LogP contribution in [0, 0.1) is 6.92 Å². The molecule has 0 unspecified atom stereocenters. The number of nitrogens with one attached hydrogen (secondary N) is 1. The van der Waals surface area contributed by atoms with Crippen LogP contribution in [-0.2, 0) is 16.0 Å². The minimum absolute atomic E-state index is 0.248. The van der Waals surface area contributed by atoms with Gasteiger partial charge in [-0.2, -0.15) is 5.10 Å². The monoisotopic (exact) mass is 273 g/mol. The van der Waals surface area contributed by atoms with Crippen LogP contribution in [0.4, 0.5) is 0 Å². The Morgan fingerprint density at radius 1 is 1.61 bits per heavy atom. The van der Waals surface area contributed by atoms with Gasteiger partial charge in [0.25, 0.3) is 0 Å². The zero-order valence-corrected chi connectivity index (χ0v) is 11.7. The number of aryl methyl sites for hydroxylation is 1. The molecule has 0 bridgehead atoms. The highest BCUT2D eigenvalue weighted by Crippen LogP contribution is 2.20. The molecule has 0 radical (unpaired) electrons. The Hall–Kier alpha value is -0.620. The molecular weight excluding hydrogens is 254 g/mol. The Kier molecular flexibility index (Phi) is 5.00. The van der Waals surface area contributed by atoms with Crippen molar-refractivity contribution in [2.45, 2.75) is 26.0 Å². The van der Waals surface area contributed by atoms with Gasteiger partial charge in [0.15, 0.2) is 0 Å². The van der Waals surface area contributed by atoms with Crippen LogP contribution in [0.3, 0.4) is 0 Å². The Morgan fingerprint density at radius 2 is 2.44 bits per heavy atom. The molecule has 102 valence electrons. The van der Waals surface area contributed by atoms with Crippen LogP contribution in [0.25, 0.3) is 0 Å². The molecule has 0 aromatic carbocycles. The van der Waals surface area contributed by atoms with Gasteiger partial charge >= 0.3 is 0 Å². The number of aromatic amines is 1. The summed E-state index contributed by atoms with van der Waals surface area (Å²) >= 11 is 6.18. The van der Waals surface area contributed by atoms with E-state index in [4.69, 9.17) is 21.1 Å². The zero-order valence-electron chi connectivity index (χ0n) is 10.9. The normalized spacial score (nSPS) is 21.4. The van der Waals surface area contributed by atoms with Crippen LogP contribution in [0.15, 0.2) is 0 Å². The lowest BCUT2D eigenvalue weighted by atomic mass is 10.2. The molecular formula is C12H20ClN3O2. The summed E-state index contributed by atoms with van der Waals surface area (Å²) in [6.07, 6.45) is 1.18. The predicted molar refractivity (Wildman–Crippen MR) is 69.8 cm³/mol. The average molecular weight is 274 g/mol. The fourth-order valence-corrected chi connectivity index (χ4v) is 2.27. The lowest BCUT2D eigenvalue weighted by molar-refractivity contribution is -0.0435. The molecule has 2 heterocycles. The summed E-state index contributed by atoms with van der Waals surface area (Å²) in [6.45, 7) is 6.03. The number of nitrogens with zero attached hydrogens (tertiary/aromatic N) is 2. The highest BCUT2D eigenvalue weighted by molar-refractivity contribution is 6.31. The van der Waals surface area contributed by atoms with Gasteiger partial charge in [-0.1, -0.05) is 11.6 Å². The van der Waals surface area contributed by atoms with E-state index in [2.05, 4.69) is 15.1 Å². The van der Waals surface area contributed by atoms with Crippen molar-refractivity contribution in [3.8, 4) is 0 Å². The van der Waals surface area contributed by atoms with Crippen LogP contribution in [0.2, 0.25) is 5.02 Å². The van der Waals surface area contributed by atoms with E-state index < -0.39 is 0 Å². The first-order valence-corrected chi connectivity index (χ1v) is 6.60. The molecule has 1 N–H and O–H groups in total. The number of ether oxygens (including phenoxy) is 2. The first-order valence-electron chi connectivity index (χ1n) is 6.23. The van der Waals surface area contributed by atoms with E-state index in [0.29, 0.717) is 0 Å². The van der Waals surface area contributed by atoms with Crippen molar-refractivity contribution in [2.75, 3.05) is 33.4 Å². The summed E-state index contributed by atoms with van der Waals surface area (Å²) < 4.78 is 10.8. The number of morpholine rings is 1. The zero-order chi connectivity index (χ0) is 13.0. The maximum Gasteiger partial charge on any atom is 0.0951 e. The Labute approximate surface area is 112 Å². The second-order valence-electron chi connectivity index (χ2n) is 4.62. The summed E-state index contributed by atoms with van der Waals surface area (Å²) in [5.41, 5.74) is 1.84. The van der Waals surface area contributed by atoms with Crippen molar-refractivity contribution in [1.82, 2.24) is 15.1 Å². The topological polar surface area (TPSA) is 50.4 Å². The molecule has 1 fully saturated rings. The maximum absolute atomic E-state index is 6.18. The molecule has 18 heavy (non-hydrogen) atoms. The van der Waals surface area contributed by atoms with Gasteiger partial charge in [0.1, 0.15) is 0 Å². The van der Waals surface area contributed by atoms with Crippen LogP contribution in [0.5, 0.6) is 0 Å².